The summed E-state index contributed by atoms with van der Waals surface area (Å²) in [5, 5.41) is 29.0. The lowest BCUT2D eigenvalue weighted by atomic mass is 9.39. The van der Waals surface area contributed by atoms with Gasteiger partial charge in [0, 0.05) is 47.6 Å². The van der Waals surface area contributed by atoms with Crippen molar-refractivity contribution < 1.29 is 14.6 Å². The van der Waals surface area contributed by atoms with Crippen LogP contribution in [0, 0.1) is 30.1 Å². The molecule has 0 radical (unpaired) electrons. The second-order valence-electron chi connectivity index (χ2n) is 19.1. The number of hydrogen-bond donors (Lipinski definition) is 2. The standard InChI is InChI=1S/C46H59N9O3S/c1-7-17-53(18-8-2)20-21-58-46-26-43(5)23-44(6,27-46)25-45(24-43,28-46)29-55-31(4)34(22-47-55)33-15-16-37(49-38(33)41(56)57)54-19-11-12-32-30(3)39(51-52-40(32)54)50-42-48-35-13-9-10-14-36(35)59-42/h9-10,13-16,22H,7-8,11-12,17-21,23-29H2,1-6H3,(H,56,57)(H,48,50,51)/t43-,44+,45?,46?. The lowest BCUT2D eigenvalue weighted by Gasteiger charge is -2.69. The number of thiazole rings is 1. The number of para-hydroxylation sites is 1. The molecule has 12 nitrogen and oxygen atoms in total. The van der Waals surface area contributed by atoms with E-state index in [0.717, 1.165) is 115 Å². The third-order valence-corrected chi connectivity index (χ3v) is 14.6. The Hall–Kier alpha value is -4.46. The van der Waals surface area contributed by atoms with Gasteiger partial charge in [0.05, 0.1) is 28.6 Å². The number of hydrogen-bond acceptors (Lipinski definition) is 11. The third kappa shape index (κ3) is 7.52. The number of benzene rings is 1. The molecule has 0 spiro atoms. The zero-order valence-electron chi connectivity index (χ0n) is 35.6. The highest BCUT2D eigenvalue weighted by atomic mass is 32.1. The second-order valence-corrected chi connectivity index (χ2v) is 20.1. The van der Waals surface area contributed by atoms with Gasteiger partial charge in [-0.3, -0.25) is 4.68 Å². The Morgan fingerprint density at radius 3 is 2.42 bits per heavy atom. The monoisotopic (exact) mass is 817 g/mol. The van der Waals surface area contributed by atoms with Crippen LogP contribution in [0.25, 0.3) is 21.3 Å². The molecule has 312 valence electrons. The van der Waals surface area contributed by atoms with E-state index in [0.29, 0.717) is 29.6 Å². The van der Waals surface area contributed by atoms with Gasteiger partial charge in [-0.25, -0.2) is 14.8 Å². The van der Waals surface area contributed by atoms with Gasteiger partial charge >= 0.3 is 5.97 Å². The average Bonchev–Trinajstić information content (AvgIpc) is 3.76. The predicted molar refractivity (Wildman–Crippen MR) is 234 cm³/mol. The van der Waals surface area contributed by atoms with Crippen LogP contribution in [-0.4, -0.2) is 84.3 Å². The zero-order chi connectivity index (χ0) is 41.2. The van der Waals surface area contributed by atoms with Crippen molar-refractivity contribution in [1.29, 1.82) is 0 Å². The number of aromatic carboxylic acids is 1. The number of ether oxygens (including phenoxy) is 1. The van der Waals surface area contributed by atoms with E-state index < -0.39 is 5.97 Å². The quantitative estimate of drug-likeness (QED) is 0.105. The molecule has 4 atom stereocenters. The first-order chi connectivity index (χ1) is 28.3. The molecular weight excluding hydrogens is 759 g/mol. The summed E-state index contributed by atoms with van der Waals surface area (Å²) in [6.07, 6.45) is 12.8. The first kappa shape index (κ1) is 40.0. The summed E-state index contributed by atoms with van der Waals surface area (Å²) in [4.78, 5) is 27.1. The van der Waals surface area contributed by atoms with E-state index in [9.17, 15) is 9.90 Å². The Kier molecular flexibility index (Phi) is 10.3. The molecule has 4 aromatic heterocycles. The van der Waals surface area contributed by atoms with Gasteiger partial charge in [-0.05, 0) is 132 Å². The lowest BCUT2D eigenvalue weighted by molar-refractivity contribution is -0.248. The molecule has 4 saturated carbocycles. The van der Waals surface area contributed by atoms with Crippen molar-refractivity contribution in [2.45, 2.75) is 118 Å². The number of fused-ring (bicyclic) bond motifs is 2. The van der Waals surface area contributed by atoms with Crippen molar-refractivity contribution >= 4 is 50.1 Å². The van der Waals surface area contributed by atoms with Crippen LogP contribution < -0.4 is 10.2 Å². The lowest BCUT2D eigenvalue weighted by Crippen LogP contribution is -2.64. The molecule has 2 N–H and O–H groups in total. The van der Waals surface area contributed by atoms with E-state index >= 15 is 0 Å². The van der Waals surface area contributed by atoms with Crippen molar-refractivity contribution in [2.24, 2.45) is 16.2 Å². The fourth-order valence-corrected chi connectivity index (χ4v) is 13.5. The largest absolute Gasteiger partial charge is 0.476 e. The molecule has 2 unspecified atom stereocenters. The number of nitrogens with zero attached hydrogens (tertiary/aromatic N) is 8. The number of carboxylic acid groups (broad SMARTS) is 1. The van der Waals surface area contributed by atoms with Crippen molar-refractivity contribution in [3.05, 3.63) is 65.1 Å². The van der Waals surface area contributed by atoms with Crippen LogP contribution in [0.1, 0.15) is 113 Å². The van der Waals surface area contributed by atoms with Gasteiger partial charge < -0.3 is 25.0 Å². The molecule has 4 fully saturated rings. The van der Waals surface area contributed by atoms with Crippen molar-refractivity contribution in [3.8, 4) is 11.1 Å². The molecule has 0 amide bonds. The van der Waals surface area contributed by atoms with Gasteiger partial charge in [0.1, 0.15) is 5.82 Å². The van der Waals surface area contributed by atoms with Crippen LogP contribution in [0.5, 0.6) is 0 Å². The predicted octanol–water partition coefficient (Wildman–Crippen LogP) is 9.75. The first-order valence-electron chi connectivity index (χ1n) is 21.7. The molecule has 5 aromatic rings. The maximum atomic E-state index is 13.0. The SMILES string of the molecule is CCCN(CCC)CCOC12CC3(Cn4ncc(-c5ccc(N6CCCc7c6nnc(Nc6nc8ccccc8s6)c7C)nc5C(=O)O)c4C)C[C@@](C)(C1)C[C@](C)(C3)C2. The minimum Gasteiger partial charge on any atom is -0.476 e. The number of pyridine rings is 1. The van der Waals surface area contributed by atoms with Crippen LogP contribution in [0.15, 0.2) is 42.6 Å². The smallest absolute Gasteiger partial charge is 0.355 e. The van der Waals surface area contributed by atoms with E-state index in [1.54, 1.807) is 11.3 Å². The molecule has 4 aliphatic carbocycles. The maximum absolute atomic E-state index is 13.0. The van der Waals surface area contributed by atoms with E-state index in [-0.39, 0.29) is 27.5 Å². The number of carbonyl (C=O) groups is 1. The highest BCUT2D eigenvalue weighted by Crippen LogP contribution is 2.72. The summed E-state index contributed by atoms with van der Waals surface area (Å²) in [5.74, 6) is 0.863. The molecule has 5 aliphatic rings. The second kappa shape index (κ2) is 15.2. The fraction of sp³-hybridized carbons (Fsp3) is 0.565. The number of carboxylic acids is 1. The van der Waals surface area contributed by atoms with Gasteiger partial charge in [0.15, 0.2) is 22.5 Å². The van der Waals surface area contributed by atoms with Crippen LogP contribution in [0.3, 0.4) is 0 Å². The molecule has 1 aliphatic heterocycles. The summed E-state index contributed by atoms with van der Waals surface area (Å²) < 4.78 is 10.3. The molecule has 10 rings (SSSR count). The summed E-state index contributed by atoms with van der Waals surface area (Å²) in [6, 6.07) is 11.9. The summed E-state index contributed by atoms with van der Waals surface area (Å²) in [7, 11) is 0. The molecule has 5 heterocycles. The Morgan fingerprint density at radius 1 is 0.932 bits per heavy atom. The van der Waals surface area contributed by atoms with Gasteiger partial charge in [-0.1, -0.05) is 51.2 Å². The average molecular weight is 818 g/mol. The van der Waals surface area contributed by atoms with E-state index in [4.69, 9.17) is 19.8 Å². The van der Waals surface area contributed by atoms with Gasteiger partial charge in [-0.2, -0.15) is 5.10 Å². The number of rotatable bonds is 15. The molecule has 1 aromatic carbocycles. The van der Waals surface area contributed by atoms with Crippen molar-refractivity contribution in [1.82, 2.24) is 34.8 Å². The van der Waals surface area contributed by atoms with Crippen LogP contribution >= 0.6 is 11.3 Å². The first-order valence-corrected chi connectivity index (χ1v) is 22.5. The maximum Gasteiger partial charge on any atom is 0.355 e. The van der Waals surface area contributed by atoms with Crippen LogP contribution in [0.4, 0.5) is 22.6 Å². The normalized spacial score (nSPS) is 25.9. The van der Waals surface area contributed by atoms with Crippen molar-refractivity contribution in [2.75, 3.05) is 43.0 Å². The minimum absolute atomic E-state index is 0.0125. The fourth-order valence-electron chi connectivity index (χ4n) is 12.6. The highest BCUT2D eigenvalue weighted by molar-refractivity contribution is 7.22. The summed E-state index contributed by atoms with van der Waals surface area (Å²) >= 11 is 1.58. The Morgan fingerprint density at radius 2 is 1.69 bits per heavy atom. The summed E-state index contributed by atoms with van der Waals surface area (Å²) in [5.41, 5.74) is 5.82. The van der Waals surface area contributed by atoms with Gasteiger partial charge in [0.25, 0.3) is 0 Å². The van der Waals surface area contributed by atoms with E-state index in [2.05, 4.69) is 72.7 Å². The highest BCUT2D eigenvalue weighted by Gasteiger charge is 2.66. The minimum atomic E-state index is -1.07. The van der Waals surface area contributed by atoms with Crippen LogP contribution in [-0.2, 0) is 17.7 Å². The number of nitrogens with one attached hydrogen (secondary N) is 1. The van der Waals surface area contributed by atoms with Crippen LogP contribution in [0.2, 0.25) is 0 Å². The Labute approximate surface area is 351 Å². The van der Waals surface area contributed by atoms with Gasteiger partial charge in [-0.15, -0.1) is 10.2 Å². The van der Waals surface area contributed by atoms with E-state index in [1.165, 1.54) is 19.3 Å². The molecule has 13 heteroatoms. The van der Waals surface area contributed by atoms with Gasteiger partial charge in [0.2, 0.25) is 0 Å². The Balaban J connectivity index is 0.959. The number of anilines is 4. The molecule has 4 bridgehead atoms. The molecular formula is C46H59N9O3S. The number of aromatic nitrogens is 6. The topological polar surface area (TPSA) is 134 Å². The molecule has 59 heavy (non-hydrogen) atoms. The van der Waals surface area contributed by atoms with E-state index in [1.807, 2.05) is 41.4 Å². The van der Waals surface area contributed by atoms with Crippen molar-refractivity contribution in [3.63, 3.8) is 0 Å². The third-order valence-electron chi connectivity index (χ3n) is 13.7. The Bertz CT molecular complexity index is 2330. The zero-order valence-corrected chi connectivity index (χ0v) is 36.4. The summed E-state index contributed by atoms with van der Waals surface area (Å²) in [6.45, 7) is 19.1. The molecule has 0 saturated heterocycles.